The molecule has 0 fully saturated rings. The van der Waals surface area contributed by atoms with Gasteiger partial charge in [-0.15, -0.1) is 0 Å². The van der Waals surface area contributed by atoms with Crippen LogP contribution in [0.4, 0.5) is 0 Å². The van der Waals surface area contributed by atoms with Crippen LogP contribution < -0.4 is 24.0 Å². The van der Waals surface area contributed by atoms with Gasteiger partial charge in [0.05, 0.1) is 27.3 Å². The average Bonchev–Trinajstić information content (AvgIpc) is 1.14. The van der Waals surface area contributed by atoms with Crippen molar-refractivity contribution >= 4 is 8.07 Å². The van der Waals surface area contributed by atoms with Crippen LogP contribution in [0.25, 0.3) is 0 Å². The smallest absolute Gasteiger partial charge is 0.110 e. The monoisotopic (exact) mass is 273 g/mol. The van der Waals surface area contributed by atoms with Crippen LogP contribution in [0.15, 0.2) is 0 Å². The highest BCUT2D eigenvalue weighted by atomic mass is 127. The summed E-state index contributed by atoms with van der Waals surface area (Å²) in [5.74, 6) is 0. The van der Waals surface area contributed by atoms with E-state index in [4.69, 9.17) is 0 Å². The van der Waals surface area contributed by atoms with Gasteiger partial charge < -0.3 is 28.5 Å². The summed E-state index contributed by atoms with van der Waals surface area (Å²) in [6.07, 6.45) is 1.37. The zero-order chi connectivity index (χ0) is 7.71. The Morgan fingerprint density at radius 3 is 1.30 bits per heavy atom. The maximum Gasteiger partial charge on any atom is 0.110 e. The summed E-state index contributed by atoms with van der Waals surface area (Å²) >= 11 is 0. The molecular weight excluding hydrogens is 253 g/mol. The molecule has 0 rings (SSSR count). The molecule has 0 aliphatic rings. The SMILES string of the molecule is C[N+](C)(C)C[Si](C)(C)C.[I-]. The molecule has 0 aliphatic carbocycles. The molecular formula is C7H20INSi. The Hall–Kier alpha value is 0.907. The van der Waals surface area contributed by atoms with E-state index in [0.29, 0.717) is 0 Å². The van der Waals surface area contributed by atoms with Gasteiger partial charge in [-0.3, -0.25) is 0 Å². The summed E-state index contributed by atoms with van der Waals surface area (Å²) in [4.78, 5) is 0. The van der Waals surface area contributed by atoms with Crippen molar-refractivity contribution in [2.24, 2.45) is 0 Å². The molecule has 0 spiro atoms. The van der Waals surface area contributed by atoms with E-state index in [1.807, 2.05) is 0 Å². The van der Waals surface area contributed by atoms with Gasteiger partial charge in [0.25, 0.3) is 0 Å². The van der Waals surface area contributed by atoms with Crippen LogP contribution in [0.2, 0.25) is 19.6 Å². The first-order valence-electron chi connectivity index (χ1n) is 3.51. The van der Waals surface area contributed by atoms with Crippen molar-refractivity contribution in [2.75, 3.05) is 27.3 Å². The van der Waals surface area contributed by atoms with Crippen molar-refractivity contribution < 1.29 is 28.5 Å². The summed E-state index contributed by atoms with van der Waals surface area (Å²) in [6.45, 7) is 7.24. The Kier molecular flexibility index (Phi) is 5.48. The van der Waals surface area contributed by atoms with E-state index in [0.717, 1.165) is 4.48 Å². The quantitative estimate of drug-likeness (QED) is 0.329. The number of rotatable bonds is 2. The van der Waals surface area contributed by atoms with Gasteiger partial charge in [-0.25, -0.2) is 0 Å². The van der Waals surface area contributed by atoms with Crippen molar-refractivity contribution in [3.63, 3.8) is 0 Å². The van der Waals surface area contributed by atoms with E-state index in [1.54, 1.807) is 0 Å². The minimum Gasteiger partial charge on any atom is -1.00 e. The van der Waals surface area contributed by atoms with E-state index in [9.17, 15) is 0 Å². The van der Waals surface area contributed by atoms with Gasteiger partial charge in [0.15, 0.2) is 0 Å². The van der Waals surface area contributed by atoms with Crippen molar-refractivity contribution in [3.8, 4) is 0 Å². The molecule has 0 N–H and O–H groups in total. The van der Waals surface area contributed by atoms with Crippen molar-refractivity contribution in [1.29, 1.82) is 0 Å². The summed E-state index contributed by atoms with van der Waals surface area (Å²) in [6, 6.07) is 0. The van der Waals surface area contributed by atoms with Gasteiger partial charge >= 0.3 is 0 Å². The van der Waals surface area contributed by atoms with Gasteiger partial charge in [0.1, 0.15) is 8.07 Å². The molecule has 0 saturated carbocycles. The molecule has 0 aliphatic heterocycles. The van der Waals surface area contributed by atoms with Gasteiger partial charge in [-0.05, 0) is 0 Å². The highest BCUT2D eigenvalue weighted by molar-refractivity contribution is 6.75. The molecule has 0 bridgehead atoms. The normalized spacial score (nSPS) is 12.6. The molecule has 0 aromatic rings. The Balaban J connectivity index is 0. The second kappa shape index (κ2) is 4.06. The molecule has 0 saturated heterocycles. The molecule has 64 valence electrons. The third kappa shape index (κ3) is 11.7. The summed E-state index contributed by atoms with van der Waals surface area (Å²) < 4.78 is 1.12. The average molecular weight is 273 g/mol. The van der Waals surface area contributed by atoms with Gasteiger partial charge in [-0.2, -0.15) is 0 Å². The van der Waals surface area contributed by atoms with Gasteiger partial charge in [-0.1, -0.05) is 19.6 Å². The van der Waals surface area contributed by atoms with Crippen LogP contribution in [0, 0.1) is 0 Å². The van der Waals surface area contributed by atoms with E-state index < -0.39 is 8.07 Å². The first-order chi connectivity index (χ1) is 3.71. The third-order valence-electron chi connectivity index (χ3n) is 0.949. The van der Waals surface area contributed by atoms with Gasteiger partial charge in [0.2, 0.25) is 0 Å². The number of quaternary nitrogens is 1. The van der Waals surface area contributed by atoms with Crippen LogP contribution in [0.5, 0.6) is 0 Å². The fourth-order valence-electron chi connectivity index (χ4n) is 1.42. The van der Waals surface area contributed by atoms with Gasteiger partial charge in [0, 0.05) is 0 Å². The molecule has 0 radical (unpaired) electrons. The standard InChI is InChI=1S/C7H20NSi.HI/c1-8(2,3)7-9(4,5)6;/h7H2,1-6H3;1H/q+1;/p-1. The Bertz CT molecular complexity index is 78.8. The Labute approximate surface area is 83.4 Å². The second-order valence-corrected chi connectivity index (χ2v) is 10.4. The first kappa shape index (κ1) is 13.5. The van der Waals surface area contributed by atoms with Crippen molar-refractivity contribution in [1.82, 2.24) is 0 Å². The van der Waals surface area contributed by atoms with E-state index >= 15 is 0 Å². The molecule has 0 aromatic heterocycles. The molecule has 1 nitrogen and oxygen atoms in total. The van der Waals surface area contributed by atoms with Crippen LogP contribution in [-0.2, 0) is 0 Å². The largest absolute Gasteiger partial charge is 1.00 e. The maximum absolute atomic E-state index is 2.41. The first-order valence-corrected chi connectivity index (χ1v) is 7.22. The fraction of sp³-hybridized carbons (Fsp3) is 1.00. The third-order valence-corrected chi connectivity index (χ3v) is 2.85. The van der Waals surface area contributed by atoms with Crippen molar-refractivity contribution in [2.45, 2.75) is 19.6 Å². The second-order valence-electron chi connectivity index (χ2n) is 5.01. The van der Waals surface area contributed by atoms with E-state index in [1.165, 1.54) is 6.17 Å². The highest BCUT2D eigenvalue weighted by Crippen LogP contribution is 2.05. The summed E-state index contributed by atoms with van der Waals surface area (Å²) in [5, 5.41) is 0. The maximum atomic E-state index is 2.41. The molecule has 0 heterocycles. The minimum atomic E-state index is -0.820. The van der Waals surface area contributed by atoms with Crippen LogP contribution in [0.3, 0.4) is 0 Å². The minimum absolute atomic E-state index is 0. The summed E-state index contributed by atoms with van der Waals surface area (Å²) in [5.41, 5.74) is 0. The fourth-order valence-corrected chi connectivity index (χ4v) is 4.27. The predicted molar refractivity (Wildman–Crippen MR) is 46.2 cm³/mol. The highest BCUT2D eigenvalue weighted by Gasteiger charge is 2.22. The van der Waals surface area contributed by atoms with Crippen molar-refractivity contribution in [3.05, 3.63) is 0 Å². The van der Waals surface area contributed by atoms with Crippen LogP contribution >= 0.6 is 0 Å². The topological polar surface area (TPSA) is 0 Å². The van der Waals surface area contributed by atoms with Crippen LogP contribution in [0.1, 0.15) is 0 Å². The van der Waals surface area contributed by atoms with E-state index in [2.05, 4.69) is 40.8 Å². The van der Waals surface area contributed by atoms with E-state index in [-0.39, 0.29) is 24.0 Å². The van der Waals surface area contributed by atoms with Crippen LogP contribution in [-0.4, -0.2) is 39.9 Å². The zero-order valence-electron chi connectivity index (χ0n) is 8.03. The molecule has 0 amide bonds. The molecule has 0 atom stereocenters. The molecule has 3 heteroatoms. The number of hydrogen-bond acceptors (Lipinski definition) is 0. The molecule has 0 aromatic carbocycles. The molecule has 10 heavy (non-hydrogen) atoms. The molecule has 0 unspecified atom stereocenters. The number of hydrogen-bond donors (Lipinski definition) is 0. The Morgan fingerprint density at radius 1 is 1.00 bits per heavy atom. The summed E-state index contributed by atoms with van der Waals surface area (Å²) in [7, 11) is 5.97. The lowest BCUT2D eigenvalue weighted by Gasteiger charge is -2.30. The lowest BCUT2D eigenvalue weighted by atomic mass is 10.8. The number of nitrogens with zero attached hydrogens (tertiary/aromatic N) is 1. The zero-order valence-corrected chi connectivity index (χ0v) is 11.2. The Morgan fingerprint density at radius 2 is 1.30 bits per heavy atom. The lowest BCUT2D eigenvalue weighted by molar-refractivity contribution is -0.860. The number of halogens is 1. The predicted octanol–water partition coefficient (Wildman–Crippen LogP) is -1.43. The lowest BCUT2D eigenvalue weighted by Crippen LogP contribution is -3.00.